The van der Waals surface area contributed by atoms with Gasteiger partial charge in [0.2, 0.25) is 5.95 Å². The van der Waals surface area contributed by atoms with E-state index in [1.165, 1.54) is 4.57 Å². The molecule has 9 heteroatoms. The third-order valence-electron chi connectivity index (χ3n) is 4.02. The summed E-state index contributed by atoms with van der Waals surface area (Å²) in [6, 6.07) is 7.51. The summed E-state index contributed by atoms with van der Waals surface area (Å²) in [5.74, 6) is 1.20. The largest absolute Gasteiger partial charge is 0.494 e. The highest BCUT2D eigenvalue weighted by Crippen LogP contribution is 2.16. The predicted molar refractivity (Wildman–Crippen MR) is 105 cm³/mol. The molecule has 1 aromatic carbocycles. The van der Waals surface area contributed by atoms with Crippen molar-refractivity contribution in [3.8, 4) is 5.75 Å². The van der Waals surface area contributed by atoms with E-state index in [0.717, 1.165) is 17.7 Å². The van der Waals surface area contributed by atoms with Crippen molar-refractivity contribution >= 4 is 23.3 Å². The molecule has 2 N–H and O–H groups in total. The Kier molecular flexibility index (Phi) is 5.39. The first kappa shape index (κ1) is 18.4. The first-order chi connectivity index (χ1) is 13.0. The minimum Gasteiger partial charge on any atom is -0.494 e. The lowest BCUT2D eigenvalue weighted by atomic mass is 10.2. The van der Waals surface area contributed by atoms with Crippen molar-refractivity contribution in [3.63, 3.8) is 0 Å². The number of rotatable bonds is 7. The average molecular weight is 370 g/mol. The van der Waals surface area contributed by atoms with Crippen LogP contribution in [0.2, 0.25) is 0 Å². The number of hydrazone groups is 1. The minimum atomic E-state index is -0.502. The number of hydrogen-bond donors (Lipinski definition) is 2. The minimum absolute atomic E-state index is 0.316. The van der Waals surface area contributed by atoms with Gasteiger partial charge >= 0.3 is 5.69 Å². The van der Waals surface area contributed by atoms with Crippen molar-refractivity contribution in [3.05, 3.63) is 50.7 Å². The van der Waals surface area contributed by atoms with Gasteiger partial charge in [-0.3, -0.25) is 14.3 Å². The van der Waals surface area contributed by atoms with Gasteiger partial charge in [0.1, 0.15) is 5.75 Å². The lowest BCUT2D eigenvalue weighted by Crippen LogP contribution is -2.29. The molecule has 0 radical (unpaired) electrons. The SMILES string of the molecule is CCCn1c(N/N=C\c2ccc(OCC)cc2)nc2c1c(=O)[nH]c(=O)n2C. The maximum Gasteiger partial charge on any atom is 0.329 e. The summed E-state index contributed by atoms with van der Waals surface area (Å²) in [7, 11) is 1.57. The van der Waals surface area contributed by atoms with Gasteiger partial charge in [0, 0.05) is 13.6 Å². The van der Waals surface area contributed by atoms with Crippen molar-refractivity contribution in [2.24, 2.45) is 12.1 Å². The number of H-pyrrole nitrogens is 1. The number of ether oxygens (including phenoxy) is 1. The zero-order chi connectivity index (χ0) is 19.4. The molecule has 142 valence electrons. The number of aromatic nitrogens is 4. The molecule has 0 aliphatic rings. The van der Waals surface area contributed by atoms with Gasteiger partial charge in [0.25, 0.3) is 5.56 Å². The molecule has 0 saturated heterocycles. The van der Waals surface area contributed by atoms with Crippen LogP contribution in [-0.2, 0) is 13.6 Å². The molecule has 0 bridgehead atoms. The number of nitrogens with one attached hydrogen (secondary N) is 2. The standard InChI is InChI=1S/C18H22N6O3/c1-4-10-24-14-15(23(3)18(26)21-16(14)25)20-17(24)22-19-11-12-6-8-13(9-7-12)27-5-2/h6-9,11H,4-5,10H2,1-3H3,(H,20,22)(H,21,25,26)/b19-11-. The summed E-state index contributed by atoms with van der Waals surface area (Å²) in [5.41, 5.74) is 3.45. The van der Waals surface area contributed by atoms with E-state index in [-0.39, 0.29) is 0 Å². The Balaban J connectivity index is 1.91. The van der Waals surface area contributed by atoms with E-state index in [2.05, 4.69) is 20.5 Å². The van der Waals surface area contributed by atoms with Crippen LogP contribution in [0.3, 0.4) is 0 Å². The molecule has 0 fully saturated rings. The zero-order valence-corrected chi connectivity index (χ0v) is 15.5. The smallest absolute Gasteiger partial charge is 0.329 e. The Morgan fingerprint density at radius 1 is 1.26 bits per heavy atom. The van der Waals surface area contributed by atoms with Crippen LogP contribution in [0.15, 0.2) is 39.0 Å². The van der Waals surface area contributed by atoms with E-state index in [1.807, 2.05) is 38.1 Å². The Morgan fingerprint density at radius 3 is 2.67 bits per heavy atom. The lowest BCUT2D eigenvalue weighted by Gasteiger charge is -2.06. The summed E-state index contributed by atoms with van der Waals surface area (Å²) in [5, 5.41) is 4.21. The number of nitrogens with zero attached hydrogens (tertiary/aromatic N) is 4. The maximum atomic E-state index is 12.2. The van der Waals surface area contributed by atoms with Gasteiger partial charge in [0.05, 0.1) is 12.8 Å². The molecule has 0 aliphatic carbocycles. The molecule has 0 saturated carbocycles. The lowest BCUT2D eigenvalue weighted by molar-refractivity contribution is 0.340. The highest BCUT2D eigenvalue weighted by molar-refractivity contribution is 5.80. The van der Waals surface area contributed by atoms with E-state index in [4.69, 9.17) is 4.74 Å². The van der Waals surface area contributed by atoms with E-state index in [1.54, 1.807) is 17.8 Å². The Morgan fingerprint density at radius 2 is 2.00 bits per heavy atom. The number of benzene rings is 1. The molecular weight excluding hydrogens is 348 g/mol. The monoisotopic (exact) mass is 370 g/mol. The zero-order valence-electron chi connectivity index (χ0n) is 15.5. The number of aromatic amines is 1. The number of aryl methyl sites for hydroxylation is 2. The fraction of sp³-hybridized carbons (Fsp3) is 0.333. The van der Waals surface area contributed by atoms with Gasteiger partial charge in [-0.25, -0.2) is 10.2 Å². The predicted octanol–water partition coefficient (Wildman–Crippen LogP) is 1.68. The second-order valence-corrected chi connectivity index (χ2v) is 5.95. The number of hydrogen-bond acceptors (Lipinski definition) is 6. The van der Waals surface area contributed by atoms with E-state index in [9.17, 15) is 9.59 Å². The highest BCUT2D eigenvalue weighted by Gasteiger charge is 2.16. The van der Waals surface area contributed by atoms with Crippen LogP contribution in [0.5, 0.6) is 5.75 Å². The Bertz CT molecular complexity index is 1080. The van der Waals surface area contributed by atoms with Crippen molar-refractivity contribution in [2.75, 3.05) is 12.0 Å². The van der Waals surface area contributed by atoms with Crippen molar-refractivity contribution in [1.82, 2.24) is 19.1 Å². The summed E-state index contributed by atoms with van der Waals surface area (Å²) in [6.45, 7) is 5.11. The number of anilines is 1. The molecule has 0 unspecified atom stereocenters. The first-order valence-electron chi connectivity index (χ1n) is 8.76. The van der Waals surface area contributed by atoms with E-state index < -0.39 is 11.2 Å². The summed E-state index contributed by atoms with van der Waals surface area (Å²) in [6.07, 6.45) is 2.44. The van der Waals surface area contributed by atoms with Crippen molar-refractivity contribution in [1.29, 1.82) is 0 Å². The second-order valence-electron chi connectivity index (χ2n) is 5.95. The maximum absolute atomic E-state index is 12.2. The quantitative estimate of drug-likeness (QED) is 0.486. The third-order valence-corrected chi connectivity index (χ3v) is 4.02. The molecule has 2 heterocycles. The molecule has 0 amide bonds. The first-order valence-corrected chi connectivity index (χ1v) is 8.76. The van der Waals surface area contributed by atoms with Gasteiger partial charge in [-0.05, 0) is 43.2 Å². The van der Waals surface area contributed by atoms with Crippen LogP contribution >= 0.6 is 0 Å². The van der Waals surface area contributed by atoms with Crippen LogP contribution in [-0.4, -0.2) is 31.9 Å². The van der Waals surface area contributed by atoms with Gasteiger partial charge in [-0.15, -0.1) is 0 Å². The Labute approximate surface area is 155 Å². The topological polar surface area (TPSA) is 106 Å². The molecule has 0 spiro atoms. The molecule has 3 aromatic rings. The second kappa shape index (κ2) is 7.90. The average Bonchev–Trinajstić information content (AvgIpc) is 3.01. The van der Waals surface area contributed by atoms with Gasteiger partial charge in [-0.1, -0.05) is 6.92 Å². The van der Waals surface area contributed by atoms with Crippen molar-refractivity contribution in [2.45, 2.75) is 26.8 Å². The molecular formula is C18H22N6O3. The normalized spacial score (nSPS) is 11.4. The van der Waals surface area contributed by atoms with E-state index >= 15 is 0 Å². The van der Waals surface area contributed by atoms with Gasteiger partial charge in [0.15, 0.2) is 11.2 Å². The summed E-state index contributed by atoms with van der Waals surface area (Å²) < 4.78 is 8.44. The fourth-order valence-electron chi connectivity index (χ4n) is 2.74. The third kappa shape index (κ3) is 3.76. The van der Waals surface area contributed by atoms with Gasteiger partial charge < -0.3 is 9.30 Å². The molecule has 27 heavy (non-hydrogen) atoms. The molecule has 3 rings (SSSR count). The van der Waals surface area contributed by atoms with Crippen LogP contribution in [0, 0.1) is 0 Å². The van der Waals surface area contributed by atoms with Crippen LogP contribution < -0.4 is 21.4 Å². The van der Waals surface area contributed by atoms with Gasteiger partial charge in [-0.2, -0.15) is 10.1 Å². The number of fused-ring (bicyclic) bond motifs is 1. The molecule has 9 nitrogen and oxygen atoms in total. The van der Waals surface area contributed by atoms with Crippen LogP contribution in [0.25, 0.3) is 11.2 Å². The van der Waals surface area contributed by atoms with Crippen LogP contribution in [0.4, 0.5) is 5.95 Å². The number of imidazole rings is 1. The fourth-order valence-corrected chi connectivity index (χ4v) is 2.74. The molecule has 0 aliphatic heterocycles. The van der Waals surface area contributed by atoms with Crippen LogP contribution in [0.1, 0.15) is 25.8 Å². The summed E-state index contributed by atoms with van der Waals surface area (Å²) in [4.78, 5) is 30.7. The Hall–Kier alpha value is -3.36. The molecule has 0 atom stereocenters. The van der Waals surface area contributed by atoms with Crippen molar-refractivity contribution < 1.29 is 4.74 Å². The summed E-state index contributed by atoms with van der Waals surface area (Å²) >= 11 is 0. The molecule has 2 aromatic heterocycles. The highest BCUT2D eigenvalue weighted by atomic mass is 16.5. The van der Waals surface area contributed by atoms with E-state index in [0.29, 0.717) is 30.3 Å².